The molecule has 2 N–H and O–H groups in total. The summed E-state index contributed by atoms with van der Waals surface area (Å²) in [5, 5.41) is 9.59. The van der Waals surface area contributed by atoms with Crippen molar-refractivity contribution in [1.29, 1.82) is 0 Å². The number of anilines is 1. The Hall–Kier alpha value is -1.31. The Bertz CT molecular complexity index is 648. The second kappa shape index (κ2) is 6.21. The second-order valence-corrected chi connectivity index (χ2v) is 7.09. The van der Waals surface area contributed by atoms with Crippen molar-refractivity contribution < 1.29 is 18.3 Å². The third-order valence-corrected chi connectivity index (χ3v) is 5.25. The van der Waals surface area contributed by atoms with Crippen molar-refractivity contribution in [1.82, 2.24) is 4.31 Å². The maximum absolute atomic E-state index is 12.4. The fraction of sp³-hybridized carbons (Fsp3) is 0.462. The third-order valence-electron chi connectivity index (χ3n) is 3.49. The number of carboxylic acids is 1. The smallest absolute Gasteiger partial charge is 0.322 e. The SMILES string of the molecule is Cc1ccc(Cl)cc1NS(=O)(=O)N1CCCCC1C(=O)O. The van der Waals surface area contributed by atoms with Crippen LogP contribution < -0.4 is 4.72 Å². The normalized spacial score (nSPS) is 20.2. The van der Waals surface area contributed by atoms with E-state index in [-0.39, 0.29) is 6.54 Å². The summed E-state index contributed by atoms with van der Waals surface area (Å²) < 4.78 is 28.3. The Morgan fingerprint density at radius 1 is 1.43 bits per heavy atom. The first-order chi connectivity index (χ1) is 9.81. The van der Waals surface area contributed by atoms with E-state index < -0.39 is 22.2 Å². The zero-order valence-electron chi connectivity index (χ0n) is 11.5. The van der Waals surface area contributed by atoms with Gasteiger partial charge in [0.2, 0.25) is 0 Å². The summed E-state index contributed by atoms with van der Waals surface area (Å²) >= 11 is 5.87. The number of rotatable bonds is 4. The van der Waals surface area contributed by atoms with Crippen molar-refractivity contribution in [3.8, 4) is 0 Å². The van der Waals surface area contributed by atoms with Crippen LogP contribution in [0.25, 0.3) is 0 Å². The second-order valence-electron chi connectivity index (χ2n) is 5.03. The molecule has 116 valence electrons. The summed E-state index contributed by atoms with van der Waals surface area (Å²) in [6.45, 7) is 1.95. The minimum absolute atomic E-state index is 0.200. The Balaban J connectivity index is 2.28. The van der Waals surface area contributed by atoms with Crippen molar-refractivity contribution in [2.75, 3.05) is 11.3 Å². The average Bonchev–Trinajstić information content (AvgIpc) is 2.42. The molecule has 0 aliphatic carbocycles. The molecule has 0 aromatic heterocycles. The summed E-state index contributed by atoms with van der Waals surface area (Å²) in [4.78, 5) is 11.2. The van der Waals surface area contributed by atoms with E-state index in [9.17, 15) is 18.3 Å². The van der Waals surface area contributed by atoms with Crippen LogP contribution in [0.5, 0.6) is 0 Å². The number of nitrogens with zero attached hydrogens (tertiary/aromatic N) is 1. The van der Waals surface area contributed by atoms with Crippen LogP contribution in [0.3, 0.4) is 0 Å². The van der Waals surface area contributed by atoms with Gasteiger partial charge < -0.3 is 5.11 Å². The lowest BCUT2D eigenvalue weighted by Gasteiger charge is -2.32. The number of nitrogens with one attached hydrogen (secondary N) is 1. The largest absolute Gasteiger partial charge is 0.480 e. The minimum Gasteiger partial charge on any atom is -0.480 e. The third kappa shape index (κ3) is 3.66. The molecular formula is C13H17ClN2O4S. The summed E-state index contributed by atoms with van der Waals surface area (Å²) in [5.74, 6) is -1.12. The molecule has 0 amide bonds. The van der Waals surface area contributed by atoms with Crippen molar-refractivity contribution >= 4 is 33.5 Å². The lowest BCUT2D eigenvalue weighted by Crippen LogP contribution is -2.50. The number of hydrogen-bond donors (Lipinski definition) is 2. The number of hydrogen-bond acceptors (Lipinski definition) is 3. The molecule has 0 spiro atoms. The van der Waals surface area contributed by atoms with Crippen LogP contribution >= 0.6 is 11.6 Å². The summed E-state index contributed by atoms with van der Waals surface area (Å²) in [5.41, 5.74) is 1.07. The highest BCUT2D eigenvalue weighted by Gasteiger charge is 2.36. The molecule has 0 radical (unpaired) electrons. The van der Waals surface area contributed by atoms with Crippen LogP contribution in [0.1, 0.15) is 24.8 Å². The standard InChI is InChI=1S/C13H17ClN2O4S/c1-9-5-6-10(14)8-11(9)15-21(19,20)16-7-3-2-4-12(16)13(17)18/h5-6,8,12,15H,2-4,7H2,1H3,(H,17,18). The maximum atomic E-state index is 12.4. The first-order valence-electron chi connectivity index (χ1n) is 6.60. The number of piperidine rings is 1. The average molecular weight is 333 g/mol. The summed E-state index contributed by atoms with van der Waals surface area (Å²) in [6, 6.07) is 3.85. The first-order valence-corrected chi connectivity index (χ1v) is 8.41. The predicted octanol–water partition coefficient (Wildman–Crippen LogP) is 2.24. The Morgan fingerprint density at radius 2 is 2.14 bits per heavy atom. The molecule has 8 heteroatoms. The van der Waals surface area contributed by atoms with Gasteiger partial charge in [0, 0.05) is 11.6 Å². The van der Waals surface area contributed by atoms with E-state index in [1.807, 2.05) is 0 Å². The lowest BCUT2D eigenvalue weighted by molar-refractivity contribution is -0.142. The topological polar surface area (TPSA) is 86.7 Å². The van der Waals surface area contributed by atoms with Gasteiger partial charge in [0.25, 0.3) is 0 Å². The quantitative estimate of drug-likeness (QED) is 0.885. The predicted molar refractivity (Wildman–Crippen MR) is 80.7 cm³/mol. The molecule has 1 unspecified atom stereocenters. The molecule has 1 heterocycles. The molecule has 0 bridgehead atoms. The van der Waals surface area contributed by atoms with E-state index in [0.717, 1.165) is 4.31 Å². The van der Waals surface area contributed by atoms with E-state index >= 15 is 0 Å². The molecule has 0 saturated carbocycles. The molecule has 6 nitrogen and oxygen atoms in total. The number of benzene rings is 1. The van der Waals surface area contributed by atoms with Crippen LogP contribution in [0.15, 0.2) is 18.2 Å². The highest BCUT2D eigenvalue weighted by Crippen LogP contribution is 2.25. The summed E-state index contributed by atoms with van der Waals surface area (Å²) in [6.07, 6.45) is 1.68. The van der Waals surface area contributed by atoms with Gasteiger partial charge in [0.1, 0.15) is 6.04 Å². The van der Waals surface area contributed by atoms with Gasteiger partial charge in [-0.25, -0.2) is 0 Å². The molecule has 21 heavy (non-hydrogen) atoms. The maximum Gasteiger partial charge on any atom is 0.322 e. The van der Waals surface area contributed by atoms with Crippen molar-refractivity contribution in [2.24, 2.45) is 0 Å². The van der Waals surface area contributed by atoms with Gasteiger partial charge in [-0.2, -0.15) is 12.7 Å². The molecule has 1 aliphatic heterocycles. The zero-order valence-corrected chi connectivity index (χ0v) is 13.1. The van der Waals surface area contributed by atoms with Gasteiger partial charge in [-0.15, -0.1) is 0 Å². The fourth-order valence-corrected chi connectivity index (χ4v) is 4.03. The van der Waals surface area contributed by atoms with E-state index in [1.54, 1.807) is 19.1 Å². The molecule has 1 aromatic rings. The monoisotopic (exact) mass is 332 g/mol. The van der Waals surface area contributed by atoms with Crippen LogP contribution in [0.4, 0.5) is 5.69 Å². The van der Waals surface area contributed by atoms with Gasteiger partial charge in [0.05, 0.1) is 5.69 Å². The van der Waals surface area contributed by atoms with Gasteiger partial charge in [-0.05, 0) is 43.9 Å². The van der Waals surface area contributed by atoms with E-state index in [1.165, 1.54) is 6.07 Å². The number of aryl methyl sites for hydroxylation is 1. The van der Waals surface area contributed by atoms with Gasteiger partial charge >= 0.3 is 16.2 Å². The Morgan fingerprint density at radius 3 is 2.81 bits per heavy atom. The molecular weight excluding hydrogens is 316 g/mol. The van der Waals surface area contributed by atoms with E-state index in [4.69, 9.17) is 11.6 Å². The minimum atomic E-state index is -3.93. The molecule has 1 aliphatic rings. The molecule has 1 aromatic carbocycles. The van der Waals surface area contributed by atoms with Crippen molar-refractivity contribution in [3.63, 3.8) is 0 Å². The van der Waals surface area contributed by atoms with Crippen LogP contribution in [-0.2, 0) is 15.0 Å². The van der Waals surface area contributed by atoms with Gasteiger partial charge in [-0.3, -0.25) is 9.52 Å². The van der Waals surface area contributed by atoms with E-state index in [2.05, 4.69) is 4.72 Å². The van der Waals surface area contributed by atoms with Crippen molar-refractivity contribution in [3.05, 3.63) is 28.8 Å². The zero-order chi connectivity index (χ0) is 15.6. The number of carboxylic acid groups (broad SMARTS) is 1. The highest BCUT2D eigenvalue weighted by atomic mass is 35.5. The van der Waals surface area contributed by atoms with Crippen LogP contribution in [-0.4, -0.2) is 36.4 Å². The van der Waals surface area contributed by atoms with Gasteiger partial charge in [-0.1, -0.05) is 17.7 Å². The lowest BCUT2D eigenvalue weighted by atomic mass is 10.1. The number of aliphatic carboxylic acids is 1. The molecule has 2 rings (SSSR count). The number of carbonyl (C=O) groups is 1. The first kappa shape index (κ1) is 16.1. The Labute approximate surface area is 128 Å². The van der Waals surface area contributed by atoms with Gasteiger partial charge in [0.15, 0.2) is 0 Å². The van der Waals surface area contributed by atoms with Crippen molar-refractivity contribution in [2.45, 2.75) is 32.2 Å². The van der Waals surface area contributed by atoms with Crippen LogP contribution in [0.2, 0.25) is 5.02 Å². The summed E-state index contributed by atoms with van der Waals surface area (Å²) in [7, 11) is -3.93. The fourth-order valence-electron chi connectivity index (χ4n) is 2.34. The molecule has 1 fully saturated rings. The molecule has 1 saturated heterocycles. The van der Waals surface area contributed by atoms with Crippen LogP contribution in [0, 0.1) is 6.92 Å². The molecule has 1 atom stereocenters. The van der Waals surface area contributed by atoms with E-state index in [0.29, 0.717) is 35.5 Å². The highest BCUT2D eigenvalue weighted by molar-refractivity contribution is 7.90. The Kier molecular flexibility index (Phi) is 4.75. The number of halogens is 1.